The van der Waals surface area contributed by atoms with Crippen molar-refractivity contribution >= 4 is 16.9 Å². The minimum absolute atomic E-state index is 0.0377. The molecule has 0 fully saturated rings. The second-order valence-electron chi connectivity index (χ2n) is 10.4. The number of unbranched alkanes of at least 4 members (excludes halogenated alkanes) is 1. The van der Waals surface area contributed by atoms with Crippen LogP contribution < -0.4 is 4.74 Å². The highest BCUT2D eigenvalue weighted by molar-refractivity contribution is 5.85. The van der Waals surface area contributed by atoms with E-state index in [1.807, 2.05) is 60.7 Å². The Hall–Kier alpha value is -3.77. The lowest BCUT2D eigenvalue weighted by molar-refractivity contribution is -0.154. The second-order valence-corrected chi connectivity index (χ2v) is 10.4. The highest BCUT2D eigenvalue weighted by Crippen LogP contribution is 2.28. The first-order valence-electron chi connectivity index (χ1n) is 13.0. The molecule has 0 aliphatic rings. The monoisotopic (exact) mass is 512 g/mol. The minimum atomic E-state index is -0.752. The number of aromatic nitrogens is 2. The zero-order chi connectivity index (χ0) is 27.1. The number of carbonyl (C=O) groups is 1. The fourth-order valence-corrected chi connectivity index (χ4v) is 4.13. The van der Waals surface area contributed by atoms with Crippen LogP contribution in [-0.4, -0.2) is 36.3 Å². The van der Waals surface area contributed by atoms with Crippen LogP contribution in [0.4, 0.5) is 0 Å². The quantitative estimate of drug-likeness (QED) is 0.168. The lowest BCUT2D eigenvalue weighted by atomic mass is 9.86. The van der Waals surface area contributed by atoms with Gasteiger partial charge in [-0.3, -0.25) is 0 Å². The third-order valence-corrected chi connectivity index (χ3v) is 6.43. The van der Waals surface area contributed by atoms with Gasteiger partial charge in [0.2, 0.25) is 5.88 Å². The van der Waals surface area contributed by atoms with Crippen molar-refractivity contribution in [3.8, 4) is 17.3 Å². The summed E-state index contributed by atoms with van der Waals surface area (Å²) >= 11 is 0. The van der Waals surface area contributed by atoms with E-state index in [0.29, 0.717) is 24.9 Å². The molecule has 0 saturated carbocycles. The van der Waals surface area contributed by atoms with Crippen molar-refractivity contribution in [2.45, 2.75) is 52.1 Å². The first kappa shape index (κ1) is 27.3. The zero-order valence-electron chi connectivity index (χ0n) is 22.9. The number of rotatable bonds is 10. The zero-order valence-corrected chi connectivity index (χ0v) is 22.9. The number of hydrogen-bond acceptors (Lipinski definition) is 6. The number of carbonyl (C=O) groups excluding carboxylic acids is 1. The number of fused-ring (bicyclic) bond motifs is 1. The summed E-state index contributed by atoms with van der Waals surface area (Å²) in [6.07, 6.45) is 0.717. The van der Waals surface area contributed by atoms with Gasteiger partial charge in [-0.25, -0.2) is 9.78 Å². The number of hydrogen-bond donors (Lipinski definition) is 0. The highest BCUT2D eigenvalue weighted by Gasteiger charge is 2.23. The number of aryl methyl sites for hydroxylation is 1. The molecule has 4 rings (SSSR count). The molecule has 3 aromatic carbocycles. The molecule has 6 heteroatoms. The van der Waals surface area contributed by atoms with Crippen molar-refractivity contribution in [3.05, 3.63) is 89.5 Å². The molecule has 4 aromatic rings. The standard InChI is InChI=1S/C32H36N2O4/c1-22-12-14-24(15-13-22)29-33-27-11-7-6-10-26(27)30(34-29)38-21-9-8-20-37-28(31(35)36-5)23-16-18-25(19-17-23)32(2,3)4/h6-7,10-19,28H,8-9,20-21H2,1-5H3. The van der Waals surface area contributed by atoms with Gasteiger partial charge >= 0.3 is 5.97 Å². The second kappa shape index (κ2) is 12.2. The van der Waals surface area contributed by atoms with Crippen LogP contribution in [0.3, 0.4) is 0 Å². The summed E-state index contributed by atoms with van der Waals surface area (Å²) in [5.41, 5.74) is 5.00. The minimum Gasteiger partial charge on any atom is -0.477 e. The fourth-order valence-electron chi connectivity index (χ4n) is 4.13. The van der Waals surface area contributed by atoms with Crippen LogP contribution in [0.5, 0.6) is 5.88 Å². The Kier molecular flexibility index (Phi) is 8.74. The van der Waals surface area contributed by atoms with E-state index in [-0.39, 0.29) is 5.41 Å². The maximum Gasteiger partial charge on any atom is 0.339 e. The predicted molar refractivity (Wildman–Crippen MR) is 150 cm³/mol. The molecule has 198 valence electrons. The van der Waals surface area contributed by atoms with Crippen LogP contribution in [0.15, 0.2) is 72.8 Å². The fraction of sp³-hybridized carbons (Fsp3) is 0.344. The molecule has 0 spiro atoms. The van der Waals surface area contributed by atoms with Gasteiger partial charge in [0.25, 0.3) is 0 Å². The van der Waals surface area contributed by atoms with Gasteiger partial charge in [-0.1, -0.05) is 87.0 Å². The summed E-state index contributed by atoms with van der Waals surface area (Å²) < 4.78 is 17.1. The van der Waals surface area contributed by atoms with Crippen LogP contribution >= 0.6 is 0 Å². The third kappa shape index (κ3) is 6.75. The summed E-state index contributed by atoms with van der Waals surface area (Å²) in [5.74, 6) is 0.805. The Balaban J connectivity index is 1.36. The topological polar surface area (TPSA) is 70.5 Å². The molecule has 6 nitrogen and oxygen atoms in total. The molecule has 1 aromatic heterocycles. The number of esters is 1. The van der Waals surface area contributed by atoms with Crippen molar-refractivity contribution < 1.29 is 19.0 Å². The van der Waals surface area contributed by atoms with Crippen LogP contribution in [0.1, 0.15) is 56.4 Å². The van der Waals surface area contributed by atoms with E-state index >= 15 is 0 Å². The summed E-state index contributed by atoms with van der Waals surface area (Å²) in [7, 11) is 1.38. The van der Waals surface area contributed by atoms with Crippen LogP contribution in [0.2, 0.25) is 0 Å². The number of nitrogens with zero attached hydrogens (tertiary/aromatic N) is 2. The van der Waals surface area contributed by atoms with Gasteiger partial charge in [-0.2, -0.15) is 4.98 Å². The van der Waals surface area contributed by atoms with E-state index in [1.165, 1.54) is 18.2 Å². The molecule has 1 atom stereocenters. The lowest BCUT2D eigenvalue weighted by Crippen LogP contribution is -2.19. The molecule has 0 saturated heterocycles. The number of benzene rings is 3. The van der Waals surface area contributed by atoms with E-state index < -0.39 is 12.1 Å². The Morgan fingerprint density at radius 2 is 1.55 bits per heavy atom. The van der Waals surface area contributed by atoms with Crippen LogP contribution in [0, 0.1) is 6.92 Å². The summed E-state index contributed by atoms with van der Waals surface area (Å²) in [5, 5.41) is 0.879. The van der Waals surface area contributed by atoms with E-state index in [0.717, 1.165) is 34.9 Å². The molecule has 0 N–H and O–H groups in total. The van der Waals surface area contributed by atoms with Crippen molar-refractivity contribution in [3.63, 3.8) is 0 Å². The highest BCUT2D eigenvalue weighted by atomic mass is 16.6. The average molecular weight is 513 g/mol. The largest absolute Gasteiger partial charge is 0.477 e. The molecule has 0 radical (unpaired) electrons. The lowest BCUT2D eigenvalue weighted by Gasteiger charge is -2.21. The van der Waals surface area contributed by atoms with Crippen molar-refractivity contribution in [2.75, 3.05) is 20.3 Å². The van der Waals surface area contributed by atoms with Gasteiger partial charge in [-0.15, -0.1) is 0 Å². The van der Waals surface area contributed by atoms with Gasteiger partial charge in [0.15, 0.2) is 11.9 Å². The molecular weight excluding hydrogens is 476 g/mol. The summed E-state index contributed by atoms with van der Waals surface area (Å²) in [6.45, 7) is 9.41. The van der Waals surface area contributed by atoms with Crippen molar-refractivity contribution in [1.29, 1.82) is 0 Å². The van der Waals surface area contributed by atoms with E-state index in [1.54, 1.807) is 0 Å². The van der Waals surface area contributed by atoms with E-state index in [4.69, 9.17) is 24.2 Å². The summed E-state index contributed by atoms with van der Waals surface area (Å²) in [6, 6.07) is 24.0. The van der Waals surface area contributed by atoms with Gasteiger partial charge in [0.1, 0.15) is 0 Å². The first-order chi connectivity index (χ1) is 18.3. The molecular formula is C32H36N2O4. The van der Waals surface area contributed by atoms with Gasteiger partial charge in [0, 0.05) is 12.2 Å². The SMILES string of the molecule is COC(=O)C(OCCCCOc1nc(-c2ccc(C)cc2)nc2ccccc12)c1ccc(C(C)(C)C)cc1. The molecule has 1 heterocycles. The number of methoxy groups -OCH3 is 1. The number of ether oxygens (including phenoxy) is 3. The number of para-hydroxylation sites is 1. The smallest absolute Gasteiger partial charge is 0.339 e. The Bertz CT molecular complexity index is 1360. The van der Waals surface area contributed by atoms with Gasteiger partial charge in [-0.05, 0) is 48.4 Å². The first-order valence-corrected chi connectivity index (χ1v) is 13.0. The predicted octanol–water partition coefficient (Wildman–Crippen LogP) is 6.99. The van der Waals surface area contributed by atoms with Crippen molar-refractivity contribution in [2.24, 2.45) is 0 Å². The molecule has 0 amide bonds. The van der Waals surface area contributed by atoms with Crippen molar-refractivity contribution in [1.82, 2.24) is 9.97 Å². The molecule has 0 bridgehead atoms. The maximum atomic E-state index is 12.4. The van der Waals surface area contributed by atoms with Gasteiger partial charge in [0.05, 0.1) is 24.6 Å². The molecule has 0 aliphatic heterocycles. The van der Waals surface area contributed by atoms with Crippen LogP contribution in [-0.2, 0) is 19.7 Å². The summed E-state index contributed by atoms with van der Waals surface area (Å²) in [4.78, 5) is 21.9. The Morgan fingerprint density at radius 3 is 2.24 bits per heavy atom. The third-order valence-electron chi connectivity index (χ3n) is 6.43. The van der Waals surface area contributed by atoms with E-state index in [2.05, 4.69) is 39.8 Å². The normalized spacial score (nSPS) is 12.3. The van der Waals surface area contributed by atoms with E-state index in [9.17, 15) is 4.79 Å². The molecule has 1 unspecified atom stereocenters. The Labute approximate surface area is 225 Å². The maximum absolute atomic E-state index is 12.4. The molecule has 38 heavy (non-hydrogen) atoms. The average Bonchev–Trinajstić information content (AvgIpc) is 2.92. The van der Waals surface area contributed by atoms with Crippen LogP contribution in [0.25, 0.3) is 22.3 Å². The Morgan fingerprint density at radius 1 is 0.868 bits per heavy atom. The van der Waals surface area contributed by atoms with Gasteiger partial charge < -0.3 is 14.2 Å². The molecule has 0 aliphatic carbocycles.